The van der Waals surface area contributed by atoms with E-state index in [9.17, 15) is 27.6 Å². The fourth-order valence-electron chi connectivity index (χ4n) is 4.51. The molecule has 11 heteroatoms. The van der Waals surface area contributed by atoms with E-state index in [-0.39, 0.29) is 24.0 Å². The van der Waals surface area contributed by atoms with E-state index < -0.39 is 58.5 Å². The van der Waals surface area contributed by atoms with Crippen LogP contribution in [-0.4, -0.2) is 22.7 Å². The number of fused-ring (bicyclic) bond motifs is 1. The number of pyridine rings is 1. The molecule has 0 radical (unpaired) electrons. The van der Waals surface area contributed by atoms with Gasteiger partial charge in [-0.25, -0.2) is 13.2 Å². The van der Waals surface area contributed by atoms with Crippen molar-refractivity contribution in [2.75, 3.05) is 5.43 Å². The van der Waals surface area contributed by atoms with E-state index in [4.69, 9.17) is 4.74 Å². The van der Waals surface area contributed by atoms with E-state index in [0.29, 0.717) is 17.7 Å². The van der Waals surface area contributed by atoms with Crippen molar-refractivity contribution in [1.82, 2.24) is 15.3 Å². The van der Waals surface area contributed by atoms with Crippen LogP contribution in [0.5, 0.6) is 5.75 Å². The summed E-state index contributed by atoms with van der Waals surface area (Å²) in [5.41, 5.74) is 2.70. The van der Waals surface area contributed by atoms with Gasteiger partial charge in [-0.2, -0.15) is 0 Å². The highest BCUT2D eigenvalue weighted by Crippen LogP contribution is 2.25. The molecule has 3 aromatic carbocycles. The summed E-state index contributed by atoms with van der Waals surface area (Å²) in [7, 11) is 0. The van der Waals surface area contributed by atoms with Crippen LogP contribution in [0.15, 0.2) is 83.8 Å². The zero-order valence-electron chi connectivity index (χ0n) is 21.8. The van der Waals surface area contributed by atoms with Gasteiger partial charge in [0.1, 0.15) is 35.8 Å². The molecule has 1 aliphatic heterocycles. The van der Waals surface area contributed by atoms with Crippen LogP contribution >= 0.6 is 0 Å². The number of aromatic nitrogens is 1. The predicted molar refractivity (Wildman–Crippen MR) is 144 cm³/mol. The van der Waals surface area contributed by atoms with E-state index in [1.807, 2.05) is 43.3 Å². The fraction of sp³-hybridized carbons (Fsp3) is 0.167. The smallest absolute Gasteiger partial charge is 0.275 e. The van der Waals surface area contributed by atoms with Gasteiger partial charge in [0.25, 0.3) is 11.8 Å². The van der Waals surface area contributed by atoms with Crippen molar-refractivity contribution in [2.45, 2.75) is 32.2 Å². The Kier molecular flexibility index (Phi) is 7.77. The van der Waals surface area contributed by atoms with Crippen LogP contribution in [-0.2, 0) is 13.2 Å². The summed E-state index contributed by atoms with van der Waals surface area (Å²) in [4.78, 5) is 39.9. The molecule has 41 heavy (non-hydrogen) atoms. The van der Waals surface area contributed by atoms with Crippen molar-refractivity contribution in [1.29, 1.82) is 0 Å². The van der Waals surface area contributed by atoms with Crippen molar-refractivity contribution >= 4 is 11.8 Å². The maximum Gasteiger partial charge on any atom is 0.275 e. The van der Waals surface area contributed by atoms with E-state index in [1.54, 1.807) is 24.3 Å². The molecule has 2 amide bonds. The Bertz CT molecular complexity index is 1640. The predicted octanol–water partition coefficient (Wildman–Crippen LogP) is 4.19. The summed E-state index contributed by atoms with van der Waals surface area (Å²) in [6, 6.07) is 19.3. The second-order valence-electron chi connectivity index (χ2n) is 9.50. The molecular weight excluding hydrogens is 537 g/mol. The largest absolute Gasteiger partial charge is 0.482 e. The molecular formula is C30H25F3N4O4. The summed E-state index contributed by atoms with van der Waals surface area (Å²) < 4.78 is 48.6. The molecule has 0 saturated carbocycles. The average molecular weight is 563 g/mol. The van der Waals surface area contributed by atoms with Crippen molar-refractivity contribution in [3.63, 3.8) is 0 Å². The third-order valence-electron chi connectivity index (χ3n) is 6.77. The molecule has 0 aliphatic carbocycles. The van der Waals surface area contributed by atoms with E-state index in [1.165, 1.54) is 4.68 Å². The Hall–Kier alpha value is -5.06. The molecule has 8 nitrogen and oxygen atoms in total. The van der Waals surface area contributed by atoms with Crippen LogP contribution < -0.4 is 26.2 Å². The van der Waals surface area contributed by atoms with E-state index in [2.05, 4.69) is 16.1 Å². The summed E-state index contributed by atoms with van der Waals surface area (Å²) in [5, 5.41) is 5.14. The van der Waals surface area contributed by atoms with Gasteiger partial charge in [-0.15, -0.1) is 0 Å². The van der Waals surface area contributed by atoms with E-state index in [0.717, 1.165) is 11.8 Å². The Morgan fingerprint density at radius 1 is 1.00 bits per heavy atom. The molecule has 1 aromatic heterocycles. The number of amides is 2. The summed E-state index contributed by atoms with van der Waals surface area (Å²) in [6.07, 6.45) is 0.517. The minimum absolute atomic E-state index is 0.0721. The maximum atomic E-state index is 14.1. The Balaban J connectivity index is 1.49. The maximum absolute atomic E-state index is 14.1. The highest BCUT2D eigenvalue weighted by molar-refractivity contribution is 5.99. The van der Waals surface area contributed by atoms with Crippen molar-refractivity contribution in [3.05, 3.63) is 135 Å². The molecule has 1 aliphatic rings. The molecule has 3 N–H and O–H groups in total. The Morgan fingerprint density at radius 2 is 1.63 bits per heavy atom. The minimum Gasteiger partial charge on any atom is -0.482 e. The Labute approximate surface area is 232 Å². The van der Waals surface area contributed by atoms with Crippen LogP contribution in [0.4, 0.5) is 13.2 Å². The number of nitrogens with one attached hydrogen (secondary N) is 3. The number of halogens is 3. The lowest BCUT2D eigenvalue weighted by Crippen LogP contribution is -2.54. The fourth-order valence-corrected chi connectivity index (χ4v) is 4.51. The van der Waals surface area contributed by atoms with Crippen molar-refractivity contribution in [2.24, 2.45) is 0 Å². The second kappa shape index (κ2) is 11.6. The van der Waals surface area contributed by atoms with Gasteiger partial charge in [0.05, 0.1) is 0 Å². The van der Waals surface area contributed by atoms with Crippen LogP contribution in [0, 0.1) is 17.5 Å². The third kappa shape index (κ3) is 5.79. The second-order valence-corrected chi connectivity index (χ2v) is 9.50. The molecule has 2 heterocycles. The number of hydrogen-bond donors (Lipinski definition) is 3. The van der Waals surface area contributed by atoms with Gasteiger partial charge in [0, 0.05) is 36.4 Å². The number of benzene rings is 3. The zero-order valence-corrected chi connectivity index (χ0v) is 21.8. The number of carbonyl (C=O) groups excluding carboxylic acids is 2. The first-order valence-corrected chi connectivity index (χ1v) is 12.7. The standard InChI is InChI=1S/C30H25F3N4O4/c1-17(19-10-6-3-7-11-19)28-35-30(40)25-27(41-16-18-8-4-2-5-9-18)26(38)22(15-37(25)36-28)29(39)34-14-21-23(32)12-20(31)13-24(21)33/h2-13,15,17,28,36H,14,16H2,1H3,(H,34,39)(H,35,40). The first-order chi connectivity index (χ1) is 19.7. The SMILES string of the molecule is CC(c1ccccc1)C1NC(=O)c2c(OCc3ccccc3)c(=O)c(C(=O)NCc3c(F)cc(F)cc3F)cn2N1. The van der Waals surface area contributed by atoms with Crippen LogP contribution in [0.25, 0.3) is 0 Å². The van der Waals surface area contributed by atoms with Gasteiger partial charge >= 0.3 is 0 Å². The normalized spacial score (nSPS) is 14.8. The number of carbonyl (C=O) groups is 2. The lowest BCUT2D eigenvalue weighted by Gasteiger charge is -2.34. The number of ether oxygens (including phenoxy) is 1. The van der Waals surface area contributed by atoms with Crippen LogP contribution in [0.3, 0.4) is 0 Å². The number of hydrogen-bond acceptors (Lipinski definition) is 5. The molecule has 0 saturated heterocycles. The molecule has 4 aromatic rings. The molecule has 2 atom stereocenters. The van der Waals surface area contributed by atoms with Gasteiger partial charge in [0.2, 0.25) is 5.43 Å². The van der Waals surface area contributed by atoms with Crippen LogP contribution in [0.2, 0.25) is 0 Å². The van der Waals surface area contributed by atoms with Crippen molar-refractivity contribution < 1.29 is 27.5 Å². The van der Waals surface area contributed by atoms with Gasteiger partial charge < -0.3 is 20.8 Å². The lowest BCUT2D eigenvalue weighted by atomic mass is 9.97. The molecule has 0 spiro atoms. The molecule has 210 valence electrons. The lowest BCUT2D eigenvalue weighted by molar-refractivity contribution is 0.0893. The molecule has 2 unspecified atom stereocenters. The summed E-state index contributed by atoms with van der Waals surface area (Å²) in [6.45, 7) is 1.17. The highest BCUT2D eigenvalue weighted by Gasteiger charge is 2.33. The van der Waals surface area contributed by atoms with Crippen molar-refractivity contribution in [3.8, 4) is 5.75 Å². The van der Waals surface area contributed by atoms with Gasteiger partial charge in [-0.3, -0.25) is 19.1 Å². The first kappa shape index (κ1) is 27.5. The topological polar surface area (TPSA) is 101 Å². The minimum atomic E-state index is -1.19. The van der Waals surface area contributed by atoms with Gasteiger partial charge in [-0.1, -0.05) is 67.6 Å². The summed E-state index contributed by atoms with van der Waals surface area (Å²) >= 11 is 0. The summed E-state index contributed by atoms with van der Waals surface area (Å²) in [5.74, 6) is -5.65. The molecule has 0 bridgehead atoms. The number of rotatable bonds is 8. The van der Waals surface area contributed by atoms with Gasteiger partial charge in [-0.05, 0) is 11.1 Å². The molecule has 5 rings (SSSR count). The zero-order chi connectivity index (χ0) is 29.1. The third-order valence-corrected chi connectivity index (χ3v) is 6.77. The Morgan fingerprint density at radius 3 is 2.29 bits per heavy atom. The first-order valence-electron chi connectivity index (χ1n) is 12.7. The van der Waals surface area contributed by atoms with E-state index >= 15 is 0 Å². The van der Waals surface area contributed by atoms with Crippen LogP contribution in [0.1, 0.15) is 50.4 Å². The number of nitrogens with zero attached hydrogens (tertiary/aromatic N) is 1. The molecule has 0 fully saturated rings. The highest BCUT2D eigenvalue weighted by atomic mass is 19.1. The van der Waals surface area contributed by atoms with Gasteiger partial charge in [0.15, 0.2) is 11.4 Å². The monoisotopic (exact) mass is 562 g/mol. The average Bonchev–Trinajstić information content (AvgIpc) is 2.96. The quantitative estimate of drug-likeness (QED) is 0.299.